The third-order valence-electron chi connectivity index (χ3n) is 5.23. The number of hydrogen-bond donors (Lipinski definition) is 1. The van der Waals surface area contributed by atoms with Gasteiger partial charge in [-0.1, -0.05) is 43.7 Å². The lowest BCUT2D eigenvalue weighted by Crippen LogP contribution is -2.42. The molecule has 28 heavy (non-hydrogen) atoms. The average Bonchev–Trinajstić information content (AvgIpc) is 2.66. The zero-order chi connectivity index (χ0) is 20.6. The highest BCUT2D eigenvalue weighted by Gasteiger charge is 2.27. The smallest absolute Gasteiger partial charge is 0.216 e. The van der Waals surface area contributed by atoms with Crippen LogP contribution in [0.15, 0.2) is 24.3 Å². The number of amides is 1. The molecule has 0 fully saturated rings. The molecule has 1 unspecified atom stereocenters. The molecule has 1 N–H and O–H groups in total. The van der Waals surface area contributed by atoms with E-state index in [0.29, 0.717) is 6.54 Å². The second kappa shape index (κ2) is 10.6. The molecule has 1 aliphatic carbocycles. The number of nitrogens with one attached hydrogen (secondary N) is 1. The third-order valence-corrected chi connectivity index (χ3v) is 5.76. The van der Waals surface area contributed by atoms with Gasteiger partial charge in [0.05, 0.1) is 0 Å². The zero-order valence-corrected chi connectivity index (χ0v) is 18.7. The van der Waals surface area contributed by atoms with E-state index in [9.17, 15) is 4.79 Å². The first-order valence-electron chi connectivity index (χ1n) is 10.3. The van der Waals surface area contributed by atoms with Gasteiger partial charge in [-0.05, 0) is 61.7 Å². The molecular formula is C24H34NO2P. The van der Waals surface area contributed by atoms with Crippen molar-refractivity contribution in [3.63, 3.8) is 0 Å². The first-order chi connectivity index (χ1) is 13.4. The molecule has 0 aromatic heterocycles. The number of carbonyl (C=O) groups excluding carboxylic acids is 1. The van der Waals surface area contributed by atoms with E-state index in [1.54, 1.807) is 6.92 Å². The number of fused-ring (bicyclic) bond motifs is 1. The van der Waals surface area contributed by atoms with Crippen molar-refractivity contribution in [2.24, 2.45) is 0 Å². The summed E-state index contributed by atoms with van der Waals surface area (Å²) < 4.78 is 6.58. The summed E-state index contributed by atoms with van der Waals surface area (Å²) in [4.78, 5) is 11.2. The van der Waals surface area contributed by atoms with Crippen LogP contribution in [0, 0.1) is 0 Å². The van der Waals surface area contributed by atoms with Gasteiger partial charge < -0.3 is 10.1 Å². The highest BCUT2D eigenvalue weighted by atomic mass is 31.0. The summed E-state index contributed by atoms with van der Waals surface area (Å²) in [5.41, 5.74) is 0.855. The molecule has 0 aliphatic heterocycles. The molecule has 1 aromatic rings. The Hall–Kier alpha value is -1.86. The number of hydrogen-bond acceptors (Lipinski definition) is 2. The van der Waals surface area contributed by atoms with Gasteiger partial charge in [-0.25, -0.2) is 0 Å². The van der Waals surface area contributed by atoms with Crippen molar-refractivity contribution in [3.8, 4) is 5.75 Å². The molecule has 1 aliphatic rings. The molecule has 0 saturated heterocycles. The van der Waals surface area contributed by atoms with Crippen LogP contribution >= 0.6 is 8.86 Å². The second-order valence-electron chi connectivity index (χ2n) is 7.69. The van der Waals surface area contributed by atoms with Crippen LogP contribution in [-0.2, 0) is 11.2 Å². The summed E-state index contributed by atoms with van der Waals surface area (Å²) in [5, 5.41) is 6.41. The van der Waals surface area contributed by atoms with E-state index in [1.807, 2.05) is 0 Å². The van der Waals surface area contributed by atoms with E-state index in [4.69, 9.17) is 4.74 Å². The van der Waals surface area contributed by atoms with Crippen molar-refractivity contribution in [3.05, 3.63) is 40.3 Å². The maximum atomic E-state index is 11.2. The molecule has 0 radical (unpaired) electrons. The number of benzene rings is 1. The minimum absolute atomic E-state index is 0.0133. The van der Waals surface area contributed by atoms with Gasteiger partial charge in [0.25, 0.3) is 0 Å². The van der Waals surface area contributed by atoms with Crippen LogP contribution in [0.5, 0.6) is 5.75 Å². The molecule has 0 heterocycles. The van der Waals surface area contributed by atoms with Crippen LogP contribution in [-0.4, -0.2) is 23.3 Å². The van der Waals surface area contributed by atoms with Crippen LogP contribution in [0.25, 0.3) is 12.2 Å². The van der Waals surface area contributed by atoms with Gasteiger partial charge in [-0.15, -0.1) is 8.86 Å². The molecule has 1 atom stereocenters. The van der Waals surface area contributed by atoms with Crippen LogP contribution in [0.2, 0.25) is 0 Å². The van der Waals surface area contributed by atoms with Gasteiger partial charge in [0, 0.05) is 25.1 Å². The summed E-state index contributed by atoms with van der Waals surface area (Å²) in [7, 11) is 3.74. The van der Waals surface area contributed by atoms with Gasteiger partial charge in [0.15, 0.2) is 0 Å². The first-order valence-corrected chi connectivity index (χ1v) is 10.8. The lowest BCUT2D eigenvalue weighted by molar-refractivity contribution is -0.118. The van der Waals surface area contributed by atoms with Crippen molar-refractivity contribution in [1.29, 1.82) is 0 Å². The van der Waals surface area contributed by atoms with E-state index in [-0.39, 0.29) is 5.91 Å². The Labute approximate surface area is 171 Å². The average molecular weight is 400 g/mol. The number of allylic oxidation sites excluding steroid dienone is 1. The van der Waals surface area contributed by atoms with Crippen LogP contribution in [0.1, 0.15) is 65.4 Å². The minimum atomic E-state index is -0.405. The highest BCUT2D eigenvalue weighted by Crippen LogP contribution is 2.23. The highest BCUT2D eigenvalue weighted by molar-refractivity contribution is 7.21. The molecule has 2 rings (SSSR count). The zero-order valence-electron chi connectivity index (χ0n) is 17.7. The Balaban J connectivity index is 2.30. The standard InChI is InChI=1S/C24H34NO2P/c1-5-6-7-10-16-24(4,18(2)28)27-23-14-13-20(15-17-25-19(3)26)21-11-8-9-12-22(21)23/h7,10-14,28H,5-6,8-9,15-17H2,1-4H3,(H,25,26). The molecule has 0 saturated carbocycles. The normalized spacial score (nSPS) is 15.1. The maximum Gasteiger partial charge on any atom is 0.216 e. The SMILES string of the molecule is CCCC=CCC(C)(Oc1ccc(CCNC(C)=O)c2c1=CCCC=2)C(C)=P. The van der Waals surface area contributed by atoms with Crippen molar-refractivity contribution in [1.82, 2.24) is 5.32 Å². The van der Waals surface area contributed by atoms with Crippen molar-refractivity contribution in [2.45, 2.75) is 71.8 Å². The molecule has 4 heteroatoms. The Morgan fingerprint density at radius 3 is 2.57 bits per heavy atom. The van der Waals surface area contributed by atoms with Crippen LogP contribution < -0.4 is 20.5 Å². The largest absolute Gasteiger partial charge is 0.482 e. The van der Waals surface area contributed by atoms with E-state index in [2.05, 4.69) is 71.4 Å². The molecule has 152 valence electrons. The van der Waals surface area contributed by atoms with Crippen LogP contribution in [0.3, 0.4) is 0 Å². The fraction of sp³-hybridized carbons (Fsp3) is 0.500. The monoisotopic (exact) mass is 399 g/mol. The summed E-state index contributed by atoms with van der Waals surface area (Å²) in [6, 6.07) is 4.22. The summed E-state index contributed by atoms with van der Waals surface area (Å²) in [5.74, 6) is 0.942. The van der Waals surface area contributed by atoms with Crippen molar-refractivity contribution in [2.75, 3.05) is 6.54 Å². The molecule has 1 amide bonds. The number of unbranched alkanes of at least 4 members (excludes halogenated alkanes) is 1. The van der Waals surface area contributed by atoms with Crippen molar-refractivity contribution < 1.29 is 9.53 Å². The Kier molecular flexibility index (Phi) is 8.51. The van der Waals surface area contributed by atoms with Gasteiger partial charge in [-0.2, -0.15) is 0 Å². The van der Waals surface area contributed by atoms with E-state index >= 15 is 0 Å². The number of rotatable bonds is 10. The predicted molar refractivity (Wildman–Crippen MR) is 123 cm³/mol. The lowest BCUT2D eigenvalue weighted by atomic mass is 9.96. The van der Waals surface area contributed by atoms with Crippen LogP contribution in [0.4, 0.5) is 0 Å². The molecule has 0 spiro atoms. The third kappa shape index (κ3) is 6.07. The summed E-state index contributed by atoms with van der Waals surface area (Å²) >= 11 is 0. The Morgan fingerprint density at radius 2 is 1.93 bits per heavy atom. The van der Waals surface area contributed by atoms with E-state index < -0.39 is 5.60 Å². The quantitative estimate of drug-likeness (QED) is 0.478. The van der Waals surface area contributed by atoms with E-state index in [1.165, 1.54) is 16.0 Å². The van der Waals surface area contributed by atoms with Gasteiger partial charge in [0.2, 0.25) is 5.91 Å². The maximum absolute atomic E-state index is 11.2. The molecular weight excluding hydrogens is 365 g/mol. The van der Waals surface area contributed by atoms with Gasteiger partial charge >= 0.3 is 0 Å². The number of ether oxygens (including phenoxy) is 1. The van der Waals surface area contributed by atoms with E-state index in [0.717, 1.165) is 49.6 Å². The van der Waals surface area contributed by atoms with Gasteiger partial charge in [-0.3, -0.25) is 4.79 Å². The summed E-state index contributed by atoms with van der Waals surface area (Å²) in [6.07, 6.45) is 15.0. The molecule has 3 nitrogen and oxygen atoms in total. The van der Waals surface area contributed by atoms with Gasteiger partial charge in [0.1, 0.15) is 11.4 Å². The predicted octanol–water partition coefficient (Wildman–Crippen LogP) is 3.94. The molecule has 0 bridgehead atoms. The Morgan fingerprint density at radius 1 is 1.21 bits per heavy atom. The number of carbonyl (C=O) groups is 1. The van der Waals surface area contributed by atoms with Crippen molar-refractivity contribution >= 4 is 32.2 Å². The topological polar surface area (TPSA) is 38.3 Å². The molecule has 1 aromatic carbocycles. The fourth-order valence-corrected chi connectivity index (χ4v) is 3.51. The lowest BCUT2D eigenvalue weighted by Gasteiger charge is -2.31. The second-order valence-corrected chi connectivity index (χ2v) is 8.44. The summed E-state index contributed by atoms with van der Waals surface area (Å²) in [6.45, 7) is 8.60. The first kappa shape index (κ1) is 22.4. The fourth-order valence-electron chi connectivity index (χ4n) is 3.36. The Bertz CT molecular complexity index is 856. The minimum Gasteiger partial charge on any atom is -0.482 e.